The summed E-state index contributed by atoms with van der Waals surface area (Å²) in [6, 6.07) is 12.5. The number of thiophene rings is 1. The summed E-state index contributed by atoms with van der Waals surface area (Å²) in [5.41, 5.74) is 2.53. The number of halogens is 1. The first-order valence-electron chi connectivity index (χ1n) is 4.79. The standard InChI is InChI=1S/C12H12ClNS/c1-14-8-9-3-2-4-10(7-9)11-5-6-12(13)15-11/h2-7,14H,8H2,1H3. The highest BCUT2D eigenvalue weighted by Gasteiger charge is 2.01. The SMILES string of the molecule is CNCc1cccc(-c2ccc(Cl)s2)c1. The van der Waals surface area contributed by atoms with Gasteiger partial charge in [0.05, 0.1) is 4.34 Å². The second kappa shape index (κ2) is 4.79. The number of nitrogens with one attached hydrogen (secondary N) is 1. The Hall–Kier alpha value is -0.830. The molecule has 78 valence electrons. The van der Waals surface area contributed by atoms with Crippen LogP contribution in [0.15, 0.2) is 36.4 Å². The van der Waals surface area contributed by atoms with Crippen LogP contribution >= 0.6 is 22.9 Å². The summed E-state index contributed by atoms with van der Waals surface area (Å²) in [6.45, 7) is 0.896. The van der Waals surface area contributed by atoms with Crippen molar-refractivity contribution in [3.63, 3.8) is 0 Å². The Labute approximate surface area is 98.7 Å². The second-order valence-electron chi connectivity index (χ2n) is 3.33. The zero-order chi connectivity index (χ0) is 10.7. The van der Waals surface area contributed by atoms with Gasteiger partial charge in [-0.25, -0.2) is 0 Å². The fourth-order valence-electron chi connectivity index (χ4n) is 1.51. The van der Waals surface area contributed by atoms with E-state index in [1.54, 1.807) is 11.3 Å². The molecule has 2 rings (SSSR count). The molecule has 0 radical (unpaired) electrons. The highest BCUT2D eigenvalue weighted by molar-refractivity contribution is 7.19. The maximum Gasteiger partial charge on any atom is 0.0934 e. The van der Waals surface area contributed by atoms with E-state index >= 15 is 0 Å². The van der Waals surface area contributed by atoms with Gasteiger partial charge in [-0.15, -0.1) is 11.3 Å². The molecule has 1 aromatic heterocycles. The summed E-state index contributed by atoms with van der Waals surface area (Å²) >= 11 is 7.53. The first-order chi connectivity index (χ1) is 7.29. The Morgan fingerprint density at radius 3 is 2.80 bits per heavy atom. The summed E-state index contributed by atoms with van der Waals surface area (Å²) in [5.74, 6) is 0. The predicted molar refractivity (Wildman–Crippen MR) is 67.5 cm³/mol. The Morgan fingerprint density at radius 2 is 2.13 bits per heavy atom. The van der Waals surface area contributed by atoms with E-state index in [9.17, 15) is 0 Å². The minimum absolute atomic E-state index is 0.837. The van der Waals surface area contributed by atoms with Crippen molar-refractivity contribution >= 4 is 22.9 Å². The van der Waals surface area contributed by atoms with E-state index in [4.69, 9.17) is 11.6 Å². The van der Waals surface area contributed by atoms with Crippen molar-refractivity contribution in [2.75, 3.05) is 7.05 Å². The highest BCUT2D eigenvalue weighted by atomic mass is 35.5. The number of hydrogen-bond donors (Lipinski definition) is 1. The zero-order valence-corrected chi connectivity index (χ0v) is 10.0. The molecule has 1 aromatic carbocycles. The molecule has 3 heteroatoms. The van der Waals surface area contributed by atoms with Crippen molar-refractivity contribution in [1.29, 1.82) is 0 Å². The van der Waals surface area contributed by atoms with Gasteiger partial charge in [0, 0.05) is 11.4 Å². The van der Waals surface area contributed by atoms with Gasteiger partial charge in [0.25, 0.3) is 0 Å². The molecular formula is C12H12ClNS. The van der Waals surface area contributed by atoms with E-state index in [1.165, 1.54) is 16.0 Å². The molecule has 0 aliphatic rings. The summed E-state index contributed by atoms with van der Waals surface area (Å²) in [7, 11) is 1.95. The fraction of sp³-hybridized carbons (Fsp3) is 0.167. The molecule has 1 nitrogen and oxygen atoms in total. The number of rotatable bonds is 3. The van der Waals surface area contributed by atoms with Crippen LogP contribution in [-0.4, -0.2) is 7.05 Å². The van der Waals surface area contributed by atoms with Crippen LogP contribution in [-0.2, 0) is 6.54 Å². The monoisotopic (exact) mass is 237 g/mol. The van der Waals surface area contributed by atoms with E-state index in [1.807, 2.05) is 13.1 Å². The van der Waals surface area contributed by atoms with Crippen LogP contribution in [0.2, 0.25) is 4.34 Å². The second-order valence-corrected chi connectivity index (χ2v) is 5.05. The molecule has 0 atom stereocenters. The third-order valence-electron chi connectivity index (χ3n) is 2.17. The van der Waals surface area contributed by atoms with Gasteiger partial charge in [0.2, 0.25) is 0 Å². The van der Waals surface area contributed by atoms with Crippen molar-refractivity contribution in [1.82, 2.24) is 5.32 Å². The van der Waals surface area contributed by atoms with E-state index in [0.29, 0.717) is 0 Å². The quantitative estimate of drug-likeness (QED) is 0.857. The fourth-order valence-corrected chi connectivity index (χ4v) is 2.55. The van der Waals surface area contributed by atoms with Gasteiger partial charge in [0.15, 0.2) is 0 Å². The maximum absolute atomic E-state index is 5.92. The van der Waals surface area contributed by atoms with Crippen molar-refractivity contribution < 1.29 is 0 Å². The van der Waals surface area contributed by atoms with Crippen molar-refractivity contribution in [2.45, 2.75) is 6.54 Å². The average molecular weight is 238 g/mol. The molecule has 15 heavy (non-hydrogen) atoms. The predicted octanol–water partition coefficient (Wildman–Crippen LogP) is 3.79. The van der Waals surface area contributed by atoms with E-state index in [2.05, 4.69) is 35.6 Å². The molecule has 1 N–H and O–H groups in total. The zero-order valence-electron chi connectivity index (χ0n) is 8.46. The molecule has 0 amide bonds. The molecule has 0 aliphatic carbocycles. The van der Waals surface area contributed by atoms with Crippen LogP contribution in [0.4, 0.5) is 0 Å². The minimum atomic E-state index is 0.837. The smallest absolute Gasteiger partial charge is 0.0934 e. The van der Waals surface area contributed by atoms with Crippen LogP contribution in [0.25, 0.3) is 10.4 Å². The first kappa shape index (κ1) is 10.7. The lowest BCUT2D eigenvalue weighted by Gasteiger charge is -2.02. The molecule has 0 fully saturated rings. The lowest BCUT2D eigenvalue weighted by atomic mass is 10.1. The van der Waals surface area contributed by atoms with Gasteiger partial charge in [-0.05, 0) is 36.4 Å². The third kappa shape index (κ3) is 2.59. The molecule has 1 heterocycles. The highest BCUT2D eigenvalue weighted by Crippen LogP contribution is 2.31. The van der Waals surface area contributed by atoms with Crippen LogP contribution in [0.1, 0.15) is 5.56 Å². The molecule has 0 saturated carbocycles. The van der Waals surface area contributed by atoms with Crippen molar-refractivity contribution in [3.8, 4) is 10.4 Å². The Bertz CT molecular complexity index is 450. The molecule has 2 aromatic rings. The van der Waals surface area contributed by atoms with Gasteiger partial charge in [0.1, 0.15) is 0 Å². The van der Waals surface area contributed by atoms with Crippen LogP contribution in [0.3, 0.4) is 0 Å². The van der Waals surface area contributed by atoms with Crippen LogP contribution in [0, 0.1) is 0 Å². The largest absolute Gasteiger partial charge is 0.316 e. The average Bonchev–Trinajstić information content (AvgIpc) is 2.66. The Balaban J connectivity index is 2.32. The summed E-state index contributed by atoms with van der Waals surface area (Å²) in [4.78, 5) is 1.22. The third-order valence-corrected chi connectivity index (χ3v) is 3.45. The van der Waals surface area contributed by atoms with Crippen molar-refractivity contribution in [2.24, 2.45) is 0 Å². The van der Waals surface area contributed by atoms with E-state index in [0.717, 1.165) is 10.9 Å². The van der Waals surface area contributed by atoms with Gasteiger partial charge in [-0.1, -0.05) is 29.8 Å². The maximum atomic E-state index is 5.92. The molecule has 0 unspecified atom stereocenters. The van der Waals surface area contributed by atoms with Crippen LogP contribution in [0.5, 0.6) is 0 Å². The van der Waals surface area contributed by atoms with Gasteiger partial charge < -0.3 is 5.32 Å². The molecule has 0 bridgehead atoms. The van der Waals surface area contributed by atoms with Gasteiger partial charge in [-0.3, -0.25) is 0 Å². The van der Waals surface area contributed by atoms with Crippen LogP contribution < -0.4 is 5.32 Å². The lowest BCUT2D eigenvalue weighted by Crippen LogP contribution is -2.04. The first-order valence-corrected chi connectivity index (χ1v) is 5.98. The Kier molecular flexibility index (Phi) is 3.41. The normalized spacial score (nSPS) is 10.5. The van der Waals surface area contributed by atoms with E-state index in [-0.39, 0.29) is 0 Å². The van der Waals surface area contributed by atoms with Crippen molar-refractivity contribution in [3.05, 3.63) is 46.3 Å². The minimum Gasteiger partial charge on any atom is -0.316 e. The Morgan fingerprint density at radius 1 is 1.27 bits per heavy atom. The molecular weight excluding hydrogens is 226 g/mol. The summed E-state index contributed by atoms with van der Waals surface area (Å²) < 4.78 is 0.837. The summed E-state index contributed by atoms with van der Waals surface area (Å²) in [5, 5.41) is 3.15. The molecule has 0 saturated heterocycles. The molecule has 0 aliphatic heterocycles. The lowest BCUT2D eigenvalue weighted by molar-refractivity contribution is 0.818. The van der Waals surface area contributed by atoms with E-state index < -0.39 is 0 Å². The van der Waals surface area contributed by atoms with Gasteiger partial charge in [-0.2, -0.15) is 0 Å². The van der Waals surface area contributed by atoms with Gasteiger partial charge >= 0.3 is 0 Å². The molecule has 0 spiro atoms. The number of benzene rings is 1. The summed E-state index contributed by atoms with van der Waals surface area (Å²) in [6.07, 6.45) is 0. The number of hydrogen-bond acceptors (Lipinski definition) is 2. The topological polar surface area (TPSA) is 12.0 Å².